The SMILES string of the molecule is O=C1OC(c2ccc(I)cc2)=N/C1=C\C=C\c1cccc([N+](=O)[O-])c1. The lowest BCUT2D eigenvalue weighted by molar-refractivity contribution is -0.384. The molecule has 0 N–H and O–H groups in total. The molecule has 1 aliphatic rings. The fourth-order valence-corrected chi connectivity index (χ4v) is 2.49. The Hall–Kier alpha value is -2.81. The summed E-state index contributed by atoms with van der Waals surface area (Å²) < 4.78 is 6.24. The normalized spacial score (nSPS) is 15.5. The van der Waals surface area contributed by atoms with Crippen molar-refractivity contribution < 1.29 is 14.5 Å². The largest absolute Gasteiger partial charge is 0.402 e. The number of nitrogens with zero attached hydrogens (tertiary/aromatic N) is 2. The first-order valence-electron chi connectivity index (χ1n) is 7.22. The van der Waals surface area contributed by atoms with Gasteiger partial charge in [-0.15, -0.1) is 0 Å². The molecule has 0 saturated heterocycles. The van der Waals surface area contributed by atoms with Gasteiger partial charge < -0.3 is 4.74 Å². The van der Waals surface area contributed by atoms with Gasteiger partial charge in [-0.05, 0) is 58.5 Å². The quantitative estimate of drug-likeness (QED) is 0.233. The Morgan fingerprint density at radius 2 is 1.92 bits per heavy atom. The van der Waals surface area contributed by atoms with Crippen molar-refractivity contribution in [3.8, 4) is 0 Å². The molecular formula is C18H11IN2O4. The number of aliphatic imine (C=N–C) groups is 1. The second-order valence-electron chi connectivity index (χ2n) is 5.08. The van der Waals surface area contributed by atoms with Gasteiger partial charge in [-0.1, -0.05) is 24.3 Å². The van der Waals surface area contributed by atoms with Crippen molar-refractivity contribution >= 4 is 46.2 Å². The minimum atomic E-state index is -0.530. The van der Waals surface area contributed by atoms with Gasteiger partial charge in [-0.2, -0.15) is 0 Å². The Bertz CT molecular complexity index is 930. The first-order chi connectivity index (χ1) is 12.0. The second kappa shape index (κ2) is 7.39. The highest BCUT2D eigenvalue weighted by molar-refractivity contribution is 14.1. The Balaban J connectivity index is 1.79. The lowest BCUT2D eigenvalue weighted by Crippen LogP contribution is -2.05. The number of non-ortho nitro benzene ring substituents is 1. The maximum Gasteiger partial charge on any atom is 0.363 e. The first-order valence-corrected chi connectivity index (χ1v) is 8.30. The number of hydrogen-bond donors (Lipinski definition) is 0. The van der Waals surface area contributed by atoms with Crippen LogP contribution in [0.25, 0.3) is 6.08 Å². The van der Waals surface area contributed by atoms with E-state index in [1.54, 1.807) is 24.3 Å². The fourth-order valence-electron chi connectivity index (χ4n) is 2.13. The number of carbonyl (C=O) groups excluding carboxylic acids is 1. The van der Waals surface area contributed by atoms with E-state index in [0.29, 0.717) is 5.56 Å². The molecule has 25 heavy (non-hydrogen) atoms. The number of nitro benzene ring substituents is 1. The summed E-state index contributed by atoms with van der Waals surface area (Å²) >= 11 is 2.19. The molecule has 0 spiro atoms. The molecule has 124 valence electrons. The molecule has 1 aliphatic heterocycles. The molecule has 0 aromatic heterocycles. The monoisotopic (exact) mass is 446 g/mol. The van der Waals surface area contributed by atoms with E-state index in [1.807, 2.05) is 24.3 Å². The molecule has 2 aromatic carbocycles. The number of nitro groups is 1. The summed E-state index contributed by atoms with van der Waals surface area (Å²) in [5.41, 5.74) is 1.56. The highest BCUT2D eigenvalue weighted by atomic mass is 127. The van der Waals surface area contributed by atoms with Gasteiger partial charge >= 0.3 is 5.97 Å². The van der Waals surface area contributed by atoms with E-state index < -0.39 is 10.9 Å². The number of halogens is 1. The van der Waals surface area contributed by atoms with Crippen LogP contribution in [-0.2, 0) is 9.53 Å². The molecule has 0 saturated carbocycles. The predicted octanol–water partition coefficient (Wildman–Crippen LogP) is 4.10. The van der Waals surface area contributed by atoms with Crippen LogP contribution in [0.15, 0.2) is 71.4 Å². The van der Waals surface area contributed by atoms with Crippen LogP contribution in [-0.4, -0.2) is 16.8 Å². The summed E-state index contributed by atoms with van der Waals surface area (Å²) in [7, 11) is 0. The highest BCUT2D eigenvalue weighted by Gasteiger charge is 2.23. The molecule has 0 radical (unpaired) electrons. The molecule has 7 heteroatoms. The highest BCUT2D eigenvalue weighted by Crippen LogP contribution is 2.18. The van der Waals surface area contributed by atoms with Crippen LogP contribution in [0.2, 0.25) is 0 Å². The molecule has 6 nitrogen and oxygen atoms in total. The zero-order valence-corrected chi connectivity index (χ0v) is 14.9. The molecule has 3 rings (SSSR count). The number of carbonyl (C=O) groups is 1. The van der Waals surface area contributed by atoms with Gasteiger partial charge in [0.1, 0.15) is 0 Å². The average Bonchev–Trinajstić information content (AvgIpc) is 2.97. The third kappa shape index (κ3) is 4.18. The second-order valence-corrected chi connectivity index (χ2v) is 6.32. The molecule has 0 unspecified atom stereocenters. The van der Waals surface area contributed by atoms with Crippen molar-refractivity contribution in [1.82, 2.24) is 0 Å². The number of esters is 1. The van der Waals surface area contributed by atoms with Crippen LogP contribution >= 0.6 is 22.6 Å². The van der Waals surface area contributed by atoms with Crippen LogP contribution in [0.1, 0.15) is 11.1 Å². The fraction of sp³-hybridized carbons (Fsp3) is 0. The van der Waals surface area contributed by atoms with E-state index in [0.717, 1.165) is 9.13 Å². The molecule has 0 atom stereocenters. The molecule has 2 aromatic rings. The van der Waals surface area contributed by atoms with E-state index in [1.165, 1.54) is 18.2 Å². The Morgan fingerprint density at radius 1 is 1.16 bits per heavy atom. The average molecular weight is 446 g/mol. The van der Waals surface area contributed by atoms with Crippen LogP contribution in [0.5, 0.6) is 0 Å². The lowest BCUT2D eigenvalue weighted by Gasteiger charge is -1.98. The summed E-state index contributed by atoms with van der Waals surface area (Å²) in [6.07, 6.45) is 4.78. The van der Waals surface area contributed by atoms with Gasteiger partial charge in [0.05, 0.1) is 4.92 Å². The number of benzene rings is 2. The molecule has 0 aliphatic carbocycles. The van der Waals surface area contributed by atoms with E-state index in [-0.39, 0.29) is 17.3 Å². The Morgan fingerprint density at radius 3 is 2.64 bits per heavy atom. The summed E-state index contributed by atoms with van der Waals surface area (Å²) in [6.45, 7) is 0. The van der Waals surface area contributed by atoms with Crippen molar-refractivity contribution in [1.29, 1.82) is 0 Å². The molecule has 0 amide bonds. The van der Waals surface area contributed by atoms with Crippen molar-refractivity contribution in [2.75, 3.05) is 0 Å². The Labute approximate surface area is 156 Å². The van der Waals surface area contributed by atoms with Crippen LogP contribution in [0, 0.1) is 13.7 Å². The smallest absolute Gasteiger partial charge is 0.363 e. The van der Waals surface area contributed by atoms with E-state index >= 15 is 0 Å². The zero-order valence-electron chi connectivity index (χ0n) is 12.8. The van der Waals surface area contributed by atoms with E-state index in [4.69, 9.17) is 4.74 Å². The van der Waals surface area contributed by atoms with Crippen LogP contribution in [0.4, 0.5) is 5.69 Å². The zero-order chi connectivity index (χ0) is 17.8. The number of ether oxygens (including phenoxy) is 1. The van der Waals surface area contributed by atoms with Crippen molar-refractivity contribution in [2.24, 2.45) is 4.99 Å². The standard InChI is InChI=1S/C18H11IN2O4/c19-14-9-7-13(8-10-14)17-20-16(18(22)25-17)6-2-4-12-3-1-5-15(11-12)21(23)24/h1-11H/b4-2+,16-6-. The minimum Gasteiger partial charge on any atom is -0.402 e. The van der Waals surface area contributed by atoms with Crippen LogP contribution < -0.4 is 0 Å². The number of hydrogen-bond acceptors (Lipinski definition) is 5. The number of rotatable bonds is 4. The van der Waals surface area contributed by atoms with Gasteiger partial charge in [0.15, 0.2) is 5.70 Å². The number of allylic oxidation sites excluding steroid dienone is 2. The third-order valence-electron chi connectivity index (χ3n) is 3.34. The summed E-state index contributed by atoms with van der Waals surface area (Å²) in [5.74, 6) is -0.270. The third-order valence-corrected chi connectivity index (χ3v) is 4.05. The summed E-state index contributed by atoms with van der Waals surface area (Å²) in [4.78, 5) is 26.4. The Kier molecular flexibility index (Phi) is 5.03. The molecule has 1 heterocycles. The lowest BCUT2D eigenvalue weighted by atomic mass is 10.2. The summed E-state index contributed by atoms with van der Waals surface area (Å²) in [6, 6.07) is 13.7. The first kappa shape index (κ1) is 17.0. The van der Waals surface area contributed by atoms with Crippen molar-refractivity contribution in [2.45, 2.75) is 0 Å². The van der Waals surface area contributed by atoms with Gasteiger partial charge in [-0.25, -0.2) is 9.79 Å². The maximum absolute atomic E-state index is 11.9. The number of cyclic esters (lactones) is 1. The van der Waals surface area contributed by atoms with Gasteiger partial charge in [0.25, 0.3) is 5.69 Å². The van der Waals surface area contributed by atoms with Gasteiger partial charge in [-0.3, -0.25) is 10.1 Å². The van der Waals surface area contributed by atoms with E-state index in [2.05, 4.69) is 27.6 Å². The van der Waals surface area contributed by atoms with Crippen molar-refractivity contribution in [3.63, 3.8) is 0 Å². The summed E-state index contributed by atoms with van der Waals surface area (Å²) in [5, 5.41) is 10.8. The van der Waals surface area contributed by atoms with Gasteiger partial charge in [0.2, 0.25) is 5.90 Å². The predicted molar refractivity (Wildman–Crippen MR) is 102 cm³/mol. The topological polar surface area (TPSA) is 81.8 Å². The maximum atomic E-state index is 11.9. The molecule has 0 fully saturated rings. The molecular weight excluding hydrogens is 435 g/mol. The van der Waals surface area contributed by atoms with E-state index in [9.17, 15) is 14.9 Å². The minimum absolute atomic E-state index is 0.00842. The molecule has 0 bridgehead atoms. The van der Waals surface area contributed by atoms with Crippen molar-refractivity contribution in [3.05, 3.63) is 91.2 Å². The van der Waals surface area contributed by atoms with Gasteiger partial charge in [0, 0.05) is 21.3 Å². The van der Waals surface area contributed by atoms with Crippen LogP contribution in [0.3, 0.4) is 0 Å².